The molecule has 1 aromatic heterocycles. The molecule has 1 aromatic carbocycles. The topological polar surface area (TPSA) is 69.5 Å². The SMILES string of the molecule is CO/N=C(\C(=O)OC)c1sccc1CON=Cc1cccc(Br)c1. The van der Waals surface area contributed by atoms with Gasteiger partial charge in [0.25, 0.3) is 0 Å². The van der Waals surface area contributed by atoms with Crippen LogP contribution in [0.15, 0.2) is 50.5 Å². The van der Waals surface area contributed by atoms with Gasteiger partial charge >= 0.3 is 5.97 Å². The lowest BCUT2D eigenvalue weighted by Crippen LogP contribution is -2.17. The first-order valence-corrected chi connectivity index (χ1v) is 8.50. The van der Waals surface area contributed by atoms with Crippen molar-refractivity contribution in [3.63, 3.8) is 0 Å². The van der Waals surface area contributed by atoms with Crippen molar-refractivity contribution in [1.82, 2.24) is 0 Å². The van der Waals surface area contributed by atoms with Crippen molar-refractivity contribution in [2.24, 2.45) is 10.3 Å². The third kappa shape index (κ3) is 4.90. The van der Waals surface area contributed by atoms with E-state index in [9.17, 15) is 4.79 Å². The molecule has 0 N–H and O–H groups in total. The zero-order valence-electron chi connectivity index (χ0n) is 13.1. The fraction of sp³-hybridized carbons (Fsp3) is 0.188. The molecule has 0 saturated heterocycles. The molecular weight excluding hydrogens is 396 g/mol. The van der Waals surface area contributed by atoms with Crippen LogP contribution >= 0.6 is 27.3 Å². The van der Waals surface area contributed by atoms with Crippen LogP contribution in [-0.2, 0) is 25.8 Å². The summed E-state index contributed by atoms with van der Waals surface area (Å²) in [6.07, 6.45) is 1.61. The summed E-state index contributed by atoms with van der Waals surface area (Å²) >= 11 is 4.74. The minimum absolute atomic E-state index is 0.101. The van der Waals surface area contributed by atoms with E-state index in [2.05, 4.69) is 26.2 Å². The van der Waals surface area contributed by atoms with Crippen LogP contribution in [0.2, 0.25) is 0 Å². The van der Waals surface area contributed by atoms with E-state index in [1.165, 1.54) is 25.6 Å². The summed E-state index contributed by atoms with van der Waals surface area (Å²) in [5.41, 5.74) is 1.78. The molecule has 0 bridgehead atoms. The Morgan fingerprint density at radius 2 is 2.17 bits per heavy atom. The molecule has 24 heavy (non-hydrogen) atoms. The number of nitrogens with zero attached hydrogens (tertiary/aromatic N) is 2. The van der Waals surface area contributed by atoms with Crippen LogP contribution in [0.3, 0.4) is 0 Å². The maximum Gasteiger partial charge on any atom is 0.361 e. The molecule has 0 atom stereocenters. The Kier molecular flexibility index (Phi) is 6.95. The lowest BCUT2D eigenvalue weighted by Gasteiger charge is -2.04. The third-order valence-electron chi connectivity index (χ3n) is 2.87. The first-order valence-electron chi connectivity index (χ1n) is 6.82. The van der Waals surface area contributed by atoms with E-state index in [0.29, 0.717) is 4.88 Å². The fourth-order valence-electron chi connectivity index (χ4n) is 1.81. The average molecular weight is 411 g/mol. The van der Waals surface area contributed by atoms with Crippen molar-refractivity contribution in [2.45, 2.75) is 6.61 Å². The zero-order chi connectivity index (χ0) is 17.4. The maximum absolute atomic E-state index is 11.8. The number of rotatable bonds is 7. The Morgan fingerprint density at radius 3 is 2.88 bits per heavy atom. The fourth-order valence-corrected chi connectivity index (χ4v) is 3.10. The molecule has 0 aliphatic heterocycles. The summed E-state index contributed by atoms with van der Waals surface area (Å²) in [5.74, 6) is -0.571. The molecule has 0 amide bonds. The molecule has 6 nitrogen and oxygen atoms in total. The first kappa shape index (κ1) is 18.2. The van der Waals surface area contributed by atoms with E-state index in [4.69, 9.17) is 14.4 Å². The van der Waals surface area contributed by atoms with E-state index in [0.717, 1.165) is 15.6 Å². The van der Waals surface area contributed by atoms with Crippen LogP contribution in [0.4, 0.5) is 0 Å². The normalized spacial score (nSPS) is 11.5. The Balaban J connectivity index is 2.05. The number of ether oxygens (including phenoxy) is 1. The van der Waals surface area contributed by atoms with E-state index in [1.54, 1.807) is 6.21 Å². The Labute approximate surface area is 151 Å². The van der Waals surface area contributed by atoms with E-state index in [-0.39, 0.29) is 12.3 Å². The van der Waals surface area contributed by atoms with Gasteiger partial charge in [0.05, 0.1) is 18.2 Å². The highest BCUT2D eigenvalue weighted by Gasteiger charge is 2.21. The molecule has 2 aromatic rings. The number of halogens is 1. The molecule has 0 radical (unpaired) electrons. The van der Waals surface area contributed by atoms with Crippen LogP contribution in [-0.4, -0.2) is 32.1 Å². The molecule has 0 fully saturated rings. The van der Waals surface area contributed by atoms with Crippen molar-refractivity contribution in [2.75, 3.05) is 14.2 Å². The molecule has 0 spiro atoms. The van der Waals surface area contributed by atoms with Gasteiger partial charge in [0.1, 0.15) is 13.7 Å². The second kappa shape index (κ2) is 9.19. The lowest BCUT2D eigenvalue weighted by atomic mass is 10.2. The molecule has 0 aliphatic rings. The summed E-state index contributed by atoms with van der Waals surface area (Å²) < 4.78 is 5.68. The standard InChI is InChI=1S/C16H15BrN2O4S/c1-21-16(20)14(19-22-2)15-12(6-7-24-15)10-23-18-9-11-4-3-5-13(17)8-11/h3-9H,10H2,1-2H3/b18-9?,19-14-. The largest absolute Gasteiger partial charge is 0.464 e. The number of methoxy groups -OCH3 is 1. The zero-order valence-corrected chi connectivity index (χ0v) is 15.5. The number of esters is 1. The van der Waals surface area contributed by atoms with Gasteiger partial charge in [-0.1, -0.05) is 38.4 Å². The average Bonchev–Trinajstić information content (AvgIpc) is 3.04. The van der Waals surface area contributed by atoms with Crippen molar-refractivity contribution in [3.8, 4) is 0 Å². The summed E-state index contributed by atoms with van der Waals surface area (Å²) in [5, 5.41) is 9.51. The van der Waals surface area contributed by atoms with Gasteiger partial charge in [-0.3, -0.25) is 0 Å². The molecule has 0 unspecified atom stereocenters. The number of carbonyl (C=O) groups excluding carboxylic acids is 1. The molecule has 0 saturated carbocycles. The number of hydrogen-bond acceptors (Lipinski definition) is 7. The second-order valence-electron chi connectivity index (χ2n) is 4.45. The third-order valence-corrected chi connectivity index (χ3v) is 4.32. The summed E-state index contributed by atoms with van der Waals surface area (Å²) in [6.45, 7) is 0.197. The monoisotopic (exact) mass is 410 g/mol. The van der Waals surface area contributed by atoms with Crippen LogP contribution in [0.25, 0.3) is 0 Å². The van der Waals surface area contributed by atoms with Gasteiger partial charge in [0.15, 0.2) is 0 Å². The summed E-state index contributed by atoms with van der Waals surface area (Å²) in [6, 6.07) is 9.51. The minimum atomic E-state index is -0.571. The maximum atomic E-state index is 11.8. The molecular formula is C16H15BrN2O4S. The van der Waals surface area contributed by atoms with Crippen molar-refractivity contribution < 1.29 is 19.2 Å². The summed E-state index contributed by atoms with van der Waals surface area (Å²) in [7, 11) is 2.66. The van der Waals surface area contributed by atoms with Gasteiger partial charge in [0.2, 0.25) is 5.71 Å². The van der Waals surface area contributed by atoms with Gasteiger partial charge in [-0.15, -0.1) is 11.3 Å². The van der Waals surface area contributed by atoms with Crippen LogP contribution < -0.4 is 0 Å². The molecule has 8 heteroatoms. The molecule has 1 heterocycles. The van der Waals surface area contributed by atoms with Gasteiger partial charge in [-0.25, -0.2) is 4.79 Å². The number of carbonyl (C=O) groups is 1. The highest BCUT2D eigenvalue weighted by molar-refractivity contribution is 9.10. The van der Waals surface area contributed by atoms with Crippen molar-refractivity contribution >= 4 is 45.2 Å². The molecule has 2 rings (SSSR count). The van der Waals surface area contributed by atoms with Gasteiger partial charge < -0.3 is 14.4 Å². The van der Waals surface area contributed by atoms with Gasteiger partial charge in [0, 0.05) is 10.0 Å². The van der Waals surface area contributed by atoms with Crippen LogP contribution in [0.1, 0.15) is 16.0 Å². The molecule has 126 valence electrons. The Hall–Kier alpha value is -2.19. The number of thiophene rings is 1. The minimum Gasteiger partial charge on any atom is -0.464 e. The Bertz CT molecular complexity index is 758. The number of hydrogen-bond donors (Lipinski definition) is 0. The van der Waals surface area contributed by atoms with Crippen molar-refractivity contribution in [3.05, 3.63) is 56.2 Å². The first-order chi connectivity index (χ1) is 11.7. The van der Waals surface area contributed by atoms with E-state index >= 15 is 0 Å². The second-order valence-corrected chi connectivity index (χ2v) is 6.28. The lowest BCUT2D eigenvalue weighted by molar-refractivity contribution is -0.132. The van der Waals surface area contributed by atoms with E-state index in [1.807, 2.05) is 35.7 Å². The predicted octanol–water partition coefficient (Wildman–Crippen LogP) is 3.58. The van der Waals surface area contributed by atoms with Gasteiger partial charge in [-0.05, 0) is 29.1 Å². The van der Waals surface area contributed by atoms with Crippen molar-refractivity contribution in [1.29, 1.82) is 0 Å². The van der Waals surface area contributed by atoms with Crippen LogP contribution in [0, 0.1) is 0 Å². The summed E-state index contributed by atoms with van der Waals surface area (Å²) in [4.78, 5) is 22.5. The predicted molar refractivity (Wildman–Crippen MR) is 96.4 cm³/mol. The highest BCUT2D eigenvalue weighted by atomic mass is 79.9. The van der Waals surface area contributed by atoms with Crippen LogP contribution in [0.5, 0.6) is 0 Å². The smallest absolute Gasteiger partial charge is 0.361 e. The highest BCUT2D eigenvalue weighted by Crippen LogP contribution is 2.20. The molecule has 0 aliphatic carbocycles. The van der Waals surface area contributed by atoms with E-state index < -0.39 is 5.97 Å². The quantitative estimate of drug-likeness (QED) is 0.397. The number of benzene rings is 1. The van der Waals surface area contributed by atoms with Gasteiger partial charge in [-0.2, -0.15) is 0 Å². The Morgan fingerprint density at radius 1 is 1.33 bits per heavy atom. The number of oxime groups is 2.